The van der Waals surface area contributed by atoms with Crippen LogP contribution in [0.4, 0.5) is 5.69 Å². The summed E-state index contributed by atoms with van der Waals surface area (Å²) < 4.78 is 0. The van der Waals surface area contributed by atoms with Crippen LogP contribution in [0.15, 0.2) is 18.3 Å². The summed E-state index contributed by atoms with van der Waals surface area (Å²) in [6.45, 7) is 4.11. The van der Waals surface area contributed by atoms with Gasteiger partial charge in [-0.3, -0.25) is 9.78 Å². The fourth-order valence-corrected chi connectivity index (χ4v) is 1.85. The Bertz CT molecular complexity index is 420. The van der Waals surface area contributed by atoms with Crippen molar-refractivity contribution in [2.75, 3.05) is 26.0 Å². The zero-order valence-corrected chi connectivity index (χ0v) is 12.1. The summed E-state index contributed by atoms with van der Waals surface area (Å²) in [4.78, 5) is 17.4. The molecule has 0 aliphatic rings. The second-order valence-electron chi connectivity index (χ2n) is 4.90. The number of carbonyl (C=O) groups is 1. The quantitative estimate of drug-likeness (QED) is 0.822. The number of anilines is 1. The lowest BCUT2D eigenvalue weighted by Gasteiger charge is -2.32. The molecule has 1 heterocycles. The fourth-order valence-electron chi connectivity index (χ4n) is 1.85. The number of aliphatic hydroxyl groups excluding tert-OH is 1. The molecule has 1 aromatic rings. The Labute approximate surface area is 114 Å². The monoisotopic (exact) mass is 265 g/mol. The van der Waals surface area contributed by atoms with Crippen molar-refractivity contribution in [2.45, 2.75) is 32.2 Å². The van der Waals surface area contributed by atoms with Crippen LogP contribution in [0.3, 0.4) is 0 Å². The lowest BCUT2D eigenvalue weighted by Crippen LogP contribution is -2.40. The number of amides is 1. The van der Waals surface area contributed by atoms with Gasteiger partial charge in [0.1, 0.15) is 5.69 Å². The molecule has 0 saturated carbocycles. The van der Waals surface area contributed by atoms with E-state index in [0.717, 1.165) is 18.5 Å². The highest BCUT2D eigenvalue weighted by atomic mass is 16.3. The van der Waals surface area contributed by atoms with Gasteiger partial charge in [-0.25, -0.2) is 0 Å². The zero-order chi connectivity index (χ0) is 14.5. The third-order valence-electron chi connectivity index (χ3n) is 3.45. The van der Waals surface area contributed by atoms with E-state index in [-0.39, 0.29) is 18.1 Å². The highest BCUT2D eigenvalue weighted by molar-refractivity contribution is 5.92. The van der Waals surface area contributed by atoms with Crippen molar-refractivity contribution < 1.29 is 9.90 Å². The van der Waals surface area contributed by atoms with Crippen molar-refractivity contribution in [1.82, 2.24) is 9.88 Å². The van der Waals surface area contributed by atoms with Gasteiger partial charge in [-0.1, -0.05) is 13.8 Å². The van der Waals surface area contributed by atoms with Gasteiger partial charge in [-0.15, -0.1) is 0 Å². The van der Waals surface area contributed by atoms with E-state index < -0.39 is 0 Å². The van der Waals surface area contributed by atoms with Crippen molar-refractivity contribution in [1.29, 1.82) is 0 Å². The van der Waals surface area contributed by atoms with Crippen LogP contribution in [-0.4, -0.2) is 47.1 Å². The Balaban J connectivity index is 2.97. The van der Waals surface area contributed by atoms with E-state index in [1.54, 1.807) is 26.4 Å². The lowest BCUT2D eigenvalue weighted by molar-refractivity contribution is 0.0822. The molecule has 0 radical (unpaired) electrons. The van der Waals surface area contributed by atoms with Crippen LogP contribution in [0, 0.1) is 0 Å². The summed E-state index contributed by atoms with van der Waals surface area (Å²) in [5, 5.41) is 12.9. The maximum Gasteiger partial charge on any atom is 0.272 e. The second kappa shape index (κ2) is 6.52. The van der Waals surface area contributed by atoms with Gasteiger partial charge in [0.05, 0.1) is 12.1 Å². The highest BCUT2D eigenvalue weighted by Gasteiger charge is 2.25. The average molecular weight is 265 g/mol. The van der Waals surface area contributed by atoms with E-state index in [0.29, 0.717) is 5.69 Å². The predicted molar refractivity (Wildman–Crippen MR) is 76.3 cm³/mol. The Morgan fingerprint density at radius 2 is 2.05 bits per heavy atom. The van der Waals surface area contributed by atoms with Gasteiger partial charge in [-0.2, -0.15) is 0 Å². The van der Waals surface area contributed by atoms with Crippen LogP contribution < -0.4 is 5.32 Å². The van der Waals surface area contributed by atoms with Gasteiger partial charge in [0.25, 0.3) is 5.91 Å². The maximum absolute atomic E-state index is 11.9. The van der Waals surface area contributed by atoms with Crippen LogP contribution in [-0.2, 0) is 0 Å². The maximum atomic E-state index is 11.9. The van der Waals surface area contributed by atoms with Crippen LogP contribution in [0.25, 0.3) is 0 Å². The number of nitrogens with zero attached hydrogens (tertiary/aromatic N) is 2. The Morgan fingerprint density at radius 3 is 2.53 bits per heavy atom. The summed E-state index contributed by atoms with van der Waals surface area (Å²) in [6, 6.07) is 3.53. The van der Waals surface area contributed by atoms with Gasteiger partial charge in [0, 0.05) is 26.0 Å². The molecule has 0 bridgehead atoms. The zero-order valence-electron chi connectivity index (χ0n) is 12.1. The molecular weight excluding hydrogens is 242 g/mol. The SMILES string of the molecule is CCC(CC)(CO)Nc1ccnc(C(=O)N(C)C)c1. The summed E-state index contributed by atoms with van der Waals surface area (Å²) >= 11 is 0. The minimum atomic E-state index is -0.347. The number of nitrogens with one attached hydrogen (secondary N) is 1. The van der Waals surface area contributed by atoms with Gasteiger partial charge in [0.15, 0.2) is 0 Å². The second-order valence-corrected chi connectivity index (χ2v) is 4.90. The minimum Gasteiger partial charge on any atom is -0.394 e. The highest BCUT2D eigenvalue weighted by Crippen LogP contribution is 2.22. The Morgan fingerprint density at radius 1 is 1.42 bits per heavy atom. The molecule has 0 aromatic carbocycles. The summed E-state index contributed by atoms with van der Waals surface area (Å²) in [5.74, 6) is -0.133. The van der Waals surface area contributed by atoms with Crippen molar-refractivity contribution >= 4 is 11.6 Å². The average Bonchev–Trinajstić information content (AvgIpc) is 2.44. The molecule has 1 aromatic heterocycles. The molecule has 0 unspecified atom stereocenters. The molecule has 0 fully saturated rings. The van der Waals surface area contributed by atoms with Gasteiger partial charge in [-0.05, 0) is 25.0 Å². The third-order valence-corrected chi connectivity index (χ3v) is 3.45. The van der Waals surface area contributed by atoms with Gasteiger partial charge in [0.2, 0.25) is 0 Å². The van der Waals surface area contributed by atoms with E-state index in [2.05, 4.69) is 10.3 Å². The fraction of sp³-hybridized carbons (Fsp3) is 0.571. The summed E-state index contributed by atoms with van der Waals surface area (Å²) in [7, 11) is 3.39. The molecule has 19 heavy (non-hydrogen) atoms. The van der Waals surface area contributed by atoms with E-state index in [9.17, 15) is 9.90 Å². The van der Waals surface area contributed by atoms with E-state index in [1.165, 1.54) is 4.90 Å². The third kappa shape index (κ3) is 3.67. The number of aliphatic hydroxyl groups is 1. The molecule has 0 aliphatic heterocycles. The molecule has 0 spiro atoms. The van der Waals surface area contributed by atoms with Crippen molar-refractivity contribution in [3.05, 3.63) is 24.0 Å². The van der Waals surface area contributed by atoms with Gasteiger partial charge >= 0.3 is 0 Å². The lowest BCUT2D eigenvalue weighted by atomic mass is 9.93. The Kier molecular flexibility index (Phi) is 5.30. The molecule has 2 N–H and O–H groups in total. The first kappa shape index (κ1) is 15.4. The molecule has 0 aliphatic carbocycles. The van der Waals surface area contributed by atoms with E-state index in [1.807, 2.05) is 19.9 Å². The normalized spacial score (nSPS) is 11.2. The first-order valence-corrected chi connectivity index (χ1v) is 6.54. The number of rotatable bonds is 6. The number of hydrogen-bond donors (Lipinski definition) is 2. The van der Waals surface area contributed by atoms with Gasteiger partial charge < -0.3 is 15.3 Å². The van der Waals surface area contributed by atoms with E-state index in [4.69, 9.17) is 0 Å². The van der Waals surface area contributed by atoms with Crippen LogP contribution in [0.1, 0.15) is 37.2 Å². The molecule has 106 valence electrons. The molecule has 5 heteroatoms. The summed E-state index contributed by atoms with van der Waals surface area (Å²) in [6.07, 6.45) is 3.21. The van der Waals surface area contributed by atoms with Crippen molar-refractivity contribution in [3.63, 3.8) is 0 Å². The number of carbonyl (C=O) groups excluding carboxylic acids is 1. The molecule has 5 nitrogen and oxygen atoms in total. The smallest absolute Gasteiger partial charge is 0.272 e. The van der Waals surface area contributed by atoms with E-state index >= 15 is 0 Å². The predicted octanol–water partition coefficient (Wildman–Crippen LogP) is 1.75. The topological polar surface area (TPSA) is 65.5 Å². The molecule has 1 rings (SSSR count). The van der Waals surface area contributed by atoms with Crippen LogP contribution in [0.2, 0.25) is 0 Å². The van der Waals surface area contributed by atoms with Crippen LogP contribution in [0.5, 0.6) is 0 Å². The Hall–Kier alpha value is -1.62. The first-order valence-electron chi connectivity index (χ1n) is 6.54. The number of aromatic nitrogens is 1. The molecule has 1 amide bonds. The molecular formula is C14H23N3O2. The molecule has 0 atom stereocenters. The van der Waals surface area contributed by atoms with Crippen molar-refractivity contribution in [3.8, 4) is 0 Å². The number of pyridine rings is 1. The minimum absolute atomic E-state index is 0.0548. The number of hydrogen-bond acceptors (Lipinski definition) is 4. The first-order chi connectivity index (χ1) is 8.98. The standard InChI is InChI=1S/C14H23N3O2/c1-5-14(6-2,10-18)16-11-7-8-15-12(9-11)13(19)17(3)4/h7-9,18H,5-6,10H2,1-4H3,(H,15,16). The summed E-state index contributed by atoms with van der Waals surface area (Å²) in [5.41, 5.74) is 0.853. The van der Waals surface area contributed by atoms with Crippen LogP contribution >= 0.6 is 0 Å². The van der Waals surface area contributed by atoms with Crippen molar-refractivity contribution in [2.24, 2.45) is 0 Å². The largest absolute Gasteiger partial charge is 0.394 e. The molecule has 0 saturated heterocycles.